The highest BCUT2D eigenvalue weighted by molar-refractivity contribution is 5.15. The first-order valence-corrected chi connectivity index (χ1v) is 5.67. The molecule has 0 bridgehead atoms. The fraction of sp³-hybridized carbons (Fsp3) is 0.636. The van der Waals surface area contributed by atoms with E-state index in [2.05, 4.69) is 5.73 Å². The van der Waals surface area contributed by atoms with Crippen molar-refractivity contribution >= 4 is 0 Å². The van der Waals surface area contributed by atoms with Crippen LogP contribution in [0.15, 0.2) is 23.7 Å². The van der Waals surface area contributed by atoms with Crippen LogP contribution in [0.5, 0.6) is 0 Å². The molecular formula is C11H18F4N3+. The van der Waals surface area contributed by atoms with Crippen LogP contribution >= 0.6 is 0 Å². The predicted octanol–water partition coefficient (Wildman–Crippen LogP) is 1.15. The molecule has 1 saturated heterocycles. The van der Waals surface area contributed by atoms with E-state index in [1.165, 1.54) is 6.08 Å². The zero-order chi connectivity index (χ0) is 13.9. The van der Waals surface area contributed by atoms with Gasteiger partial charge in [-0.2, -0.15) is 13.2 Å². The van der Waals surface area contributed by atoms with Gasteiger partial charge in [-0.1, -0.05) is 6.92 Å². The second-order valence-electron chi connectivity index (χ2n) is 4.51. The molecule has 0 saturated carbocycles. The van der Waals surface area contributed by atoms with E-state index in [-0.39, 0.29) is 12.5 Å². The van der Waals surface area contributed by atoms with E-state index in [1.54, 1.807) is 4.90 Å². The van der Waals surface area contributed by atoms with Crippen molar-refractivity contribution in [3.63, 3.8) is 0 Å². The highest BCUT2D eigenvalue weighted by atomic mass is 19.4. The summed E-state index contributed by atoms with van der Waals surface area (Å²) in [5.41, 5.74) is 7.29. The summed E-state index contributed by atoms with van der Waals surface area (Å²) in [7, 11) is 0. The van der Waals surface area contributed by atoms with Crippen LogP contribution in [0.1, 0.15) is 13.3 Å². The van der Waals surface area contributed by atoms with Gasteiger partial charge in [-0.15, -0.1) is 0 Å². The van der Waals surface area contributed by atoms with E-state index in [9.17, 15) is 17.6 Å². The lowest BCUT2D eigenvalue weighted by molar-refractivity contribution is -0.335. The minimum absolute atomic E-state index is 0.0233. The van der Waals surface area contributed by atoms with Gasteiger partial charge >= 0.3 is 6.18 Å². The molecule has 5 N–H and O–H groups in total. The van der Waals surface area contributed by atoms with Crippen molar-refractivity contribution in [1.82, 2.24) is 4.90 Å². The highest BCUT2D eigenvalue weighted by Crippen LogP contribution is 2.23. The van der Waals surface area contributed by atoms with Gasteiger partial charge in [-0.3, -0.25) is 0 Å². The van der Waals surface area contributed by atoms with E-state index in [0.717, 1.165) is 6.08 Å². The van der Waals surface area contributed by atoms with Crippen LogP contribution < -0.4 is 11.5 Å². The zero-order valence-corrected chi connectivity index (χ0v) is 10.2. The maximum atomic E-state index is 13.5. The maximum absolute atomic E-state index is 13.5. The maximum Gasteiger partial charge on any atom is 0.430 e. The number of alkyl halides is 4. The summed E-state index contributed by atoms with van der Waals surface area (Å²) < 4.78 is 49.9. The Labute approximate surface area is 103 Å². The highest BCUT2D eigenvalue weighted by Gasteiger charge is 2.31. The lowest BCUT2D eigenvalue weighted by Crippen LogP contribution is -2.58. The molecule has 0 aromatic rings. The Balaban J connectivity index is 2.68. The Morgan fingerprint density at radius 1 is 1.39 bits per heavy atom. The number of halogens is 4. The molecule has 0 unspecified atom stereocenters. The standard InChI is InChI=1S/C11H17F4N3/c1-7-4-5-18(6-8(7)12)10(17)3-2-9(16)11(13,14)15/h2-3,7-8H,4-6,16-17H2,1H3/p+1/b9-2-,10-3+/t7-,8+/m1/s1. The SMILES string of the molecule is C[C@@H]1CCN(/C([NH3+])=C/C=C(\N)C(F)(F)F)C[C@@H]1F. The first kappa shape index (κ1) is 14.8. The van der Waals surface area contributed by atoms with E-state index in [4.69, 9.17) is 5.73 Å². The summed E-state index contributed by atoms with van der Waals surface area (Å²) in [5, 5.41) is 0. The molecular weight excluding hydrogens is 250 g/mol. The number of nitrogens with two attached hydrogens (primary N) is 1. The quantitative estimate of drug-likeness (QED) is 0.583. The minimum atomic E-state index is -4.55. The zero-order valence-electron chi connectivity index (χ0n) is 10.2. The molecule has 0 spiro atoms. The van der Waals surface area contributed by atoms with Gasteiger partial charge < -0.3 is 16.4 Å². The molecule has 7 heteroatoms. The van der Waals surface area contributed by atoms with Crippen molar-refractivity contribution in [2.45, 2.75) is 25.7 Å². The van der Waals surface area contributed by atoms with Crippen LogP contribution in [-0.4, -0.2) is 30.3 Å². The lowest BCUT2D eigenvalue weighted by atomic mass is 9.97. The molecule has 1 aliphatic rings. The topological polar surface area (TPSA) is 56.9 Å². The normalized spacial score (nSPS) is 27.6. The third kappa shape index (κ3) is 3.90. The molecule has 0 radical (unpaired) electrons. The number of hydrogen-bond donors (Lipinski definition) is 2. The Hall–Kier alpha value is -1.24. The lowest BCUT2D eigenvalue weighted by Gasteiger charge is -2.32. The smallest absolute Gasteiger partial charge is 0.395 e. The number of quaternary nitrogens is 1. The number of allylic oxidation sites excluding steroid dienone is 3. The van der Waals surface area contributed by atoms with Crippen molar-refractivity contribution in [1.29, 1.82) is 0 Å². The summed E-state index contributed by atoms with van der Waals surface area (Å²) in [6.07, 6.45) is -2.94. The molecule has 0 aromatic heterocycles. The number of rotatable bonds is 2. The third-order valence-electron chi connectivity index (χ3n) is 3.06. The van der Waals surface area contributed by atoms with E-state index in [1.807, 2.05) is 6.92 Å². The fourth-order valence-electron chi connectivity index (χ4n) is 1.67. The van der Waals surface area contributed by atoms with Gasteiger partial charge in [0.15, 0.2) is 5.82 Å². The van der Waals surface area contributed by atoms with Crippen molar-refractivity contribution in [3.8, 4) is 0 Å². The summed E-state index contributed by atoms with van der Waals surface area (Å²) in [6, 6.07) is 0. The second kappa shape index (κ2) is 5.60. The molecule has 0 amide bonds. The monoisotopic (exact) mass is 268 g/mol. The fourth-order valence-corrected chi connectivity index (χ4v) is 1.67. The predicted molar refractivity (Wildman–Crippen MR) is 59.5 cm³/mol. The van der Waals surface area contributed by atoms with Crippen molar-refractivity contribution in [2.24, 2.45) is 11.7 Å². The van der Waals surface area contributed by atoms with E-state index in [0.29, 0.717) is 18.8 Å². The van der Waals surface area contributed by atoms with Crippen LogP contribution in [0.2, 0.25) is 0 Å². The van der Waals surface area contributed by atoms with E-state index < -0.39 is 18.0 Å². The Morgan fingerprint density at radius 2 is 2.00 bits per heavy atom. The molecule has 1 fully saturated rings. The van der Waals surface area contributed by atoms with Crippen molar-refractivity contribution < 1.29 is 23.3 Å². The number of hydrogen-bond acceptors (Lipinski definition) is 2. The summed E-state index contributed by atoms with van der Waals surface area (Å²) in [5.74, 6) is 0.321. The first-order valence-electron chi connectivity index (χ1n) is 5.67. The second-order valence-corrected chi connectivity index (χ2v) is 4.51. The van der Waals surface area contributed by atoms with Crippen LogP contribution in [0, 0.1) is 5.92 Å². The summed E-state index contributed by atoms with van der Waals surface area (Å²) in [6.45, 7) is 2.57. The first-order chi connectivity index (χ1) is 8.21. The van der Waals surface area contributed by atoms with Crippen LogP contribution in [0.3, 0.4) is 0 Å². The molecule has 1 rings (SSSR count). The van der Waals surface area contributed by atoms with Gasteiger partial charge in [-0.25, -0.2) is 4.39 Å². The van der Waals surface area contributed by atoms with Gasteiger partial charge in [0, 0.05) is 12.6 Å². The van der Waals surface area contributed by atoms with Gasteiger partial charge in [0.05, 0.1) is 6.54 Å². The molecule has 3 nitrogen and oxygen atoms in total. The molecule has 104 valence electrons. The van der Waals surface area contributed by atoms with Crippen molar-refractivity contribution in [3.05, 3.63) is 23.7 Å². The summed E-state index contributed by atoms with van der Waals surface area (Å²) >= 11 is 0. The van der Waals surface area contributed by atoms with Gasteiger partial charge in [0.1, 0.15) is 11.9 Å². The third-order valence-corrected chi connectivity index (χ3v) is 3.06. The van der Waals surface area contributed by atoms with Gasteiger partial charge in [0.2, 0.25) is 0 Å². The minimum Gasteiger partial charge on any atom is -0.395 e. The Kier molecular flexibility index (Phi) is 4.61. The average molecular weight is 268 g/mol. The molecule has 0 aliphatic carbocycles. The number of piperidine rings is 1. The average Bonchev–Trinajstić information content (AvgIpc) is 2.27. The van der Waals surface area contributed by atoms with Gasteiger partial charge in [0.25, 0.3) is 0 Å². The molecule has 1 aliphatic heterocycles. The van der Waals surface area contributed by atoms with Crippen molar-refractivity contribution in [2.75, 3.05) is 13.1 Å². The Bertz CT molecular complexity index is 349. The van der Waals surface area contributed by atoms with Crippen LogP contribution in [0.4, 0.5) is 17.6 Å². The van der Waals surface area contributed by atoms with Crippen LogP contribution in [0.25, 0.3) is 0 Å². The Morgan fingerprint density at radius 3 is 2.50 bits per heavy atom. The molecule has 18 heavy (non-hydrogen) atoms. The van der Waals surface area contributed by atoms with E-state index >= 15 is 0 Å². The molecule has 1 heterocycles. The van der Waals surface area contributed by atoms with Gasteiger partial charge in [-0.05, 0) is 18.4 Å². The number of likely N-dealkylation sites (tertiary alicyclic amines) is 1. The molecule has 0 aromatic carbocycles. The number of nitrogens with zero attached hydrogens (tertiary/aromatic N) is 1. The molecule has 2 atom stereocenters. The van der Waals surface area contributed by atoms with Crippen LogP contribution in [-0.2, 0) is 0 Å². The summed E-state index contributed by atoms with van der Waals surface area (Å²) in [4.78, 5) is 1.63. The largest absolute Gasteiger partial charge is 0.430 e.